The quantitative estimate of drug-likeness (QED) is 0.862. The summed E-state index contributed by atoms with van der Waals surface area (Å²) >= 11 is 5.00. The van der Waals surface area contributed by atoms with E-state index in [4.69, 9.17) is 10.00 Å². The minimum atomic E-state index is 0.588. The molecule has 0 atom stereocenters. The Morgan fingerprint density at radius 3 is 2.94 bits per heavy atom. The van der Waals surface area contributed by atoms with E-state index in [0.29, 0.717) is 17.9 Å². The molecular formula is C13H11BrN2OS. The average Bonchev–Trinajstić information content (AvgIpc) is 2.74. The molecular weight excluding hydrogens is 312 g/mol. The zero-order valence-electron chi connectivity index (χ0n) is 9.81. The van der Waals surface area contributed by atoms with Gasteiger partial charge in [-0.15, -0.1) is 11.3 Å². The monoisotopic (exact) mass is 322 g/mol. The van der Waals surface area contributed by atoms with Gasteiger partial charge in [0.2, 0.25) is 0 Å². The second-order valence-electron chi connectivity index (χ2n) is 3.75. The maximum atomic E-state index is 8.87. The lowest BCUT2D eigenvalue weighted by Gasteiger charge is -2.06. The van der Waals surface area contributed by atoms with Gasteiger partial charge in [-0.25, -0.2) is 4.98 Å². The van der Waals surface area contributed by atoms with E-state index in [2.05, 4.69) is 27.0 Å². The lowest BCUT2D eigenvalue weighted by molar-refractivity contribution is 0.322. The zero-order valence-corrected chi connectivity index (χ0v) is 12.2. The molecule has 18 heavy (non-hydrogen) atoms. The van der Waals surface area contributed by atoms with E-state index in [1.165, 1.54) is 4.88 Å². The van der Waals surface area contributed by atoms with E-state index in [9.17, 15) is 0 Å². The molecule has 0 saturated carbocycles. The van der Waals surface area contributed by atoms with Crippen molar-refractivity contribution in [1.82, 2.24) is 4.98 Å². The highest BCUT2D eigenvalue weighted by Gasteiger charge is 2.03. The Kier molecular flexibility index (Phi) is 4.34. The van der Waals surface area contributed by atoms with Crippen molar-refractivity contribution in [2.45, 2.75) is 13.3 Å². The first-order valence-corrected chi connectivity index (χ1v) is 7.09. The first-order chi connectivity index (χ1) is 8.69. The molecule has 1 heterocycles. The van der Waals surface area contributed by atoms with Crippen LogP contribution in [0.25, 0.3) is 0 Å². The molecule has 3 nitrogen and oxygen atoms in total. The van der Waals surface area contributed by atoms with Crippen molar-refractivity contribution in [3.8, 4) is 11.8 Å². The first-order valence-electron chi connectivity index (χ1n) is 5.41. The Hall–Kier alpha value is -1.38. The molecule has 0 N–H and O–H groups in total. The van der Waals surface area contributed by atoms with Crippen LogP contribution in [0.1, 0.15) is 16.1 Å². The summed E-state index contributed by atoms with van der Waals surface area (Å²) in [6.45, 7) is 2.59. The van der Waals surface area contributed by atoms with E-state index >= 15 is 0 Å². The summed E-state index contributed by atoms with van der Waals surface area (Å²) < 4.78 is 6.51. The van der Waals surface area contributed by atoms with Crippen molar-refractivity contribution < 1.29 is 4.74 Å². The van der Waals surface area contributed by atoms with E-state index in [1.54, 1.807) is 23.5 Å². The van der Waals surface area contributed by atoms with Gasteiger partial charge in [0, 0.05) is 15.8 Å². The average molecular weight is 323 g/mol. The highest BCUT2D eigenvalue weighted by atomic mass is 79.9. The molecule has 0 amide bonds. The molecule has 0 spiro atoms. The van der Waals surface area contributed by atoms with Gasteiger partial charge in [-0.3, -0.25) is 0 Å². The molecule has 5 heteroatoms. The molecule has 0 unspecified atom stereocenters. The van der Waals surface area contributed by atoms with Crippen LogP contribution in [0, 0.1) is 18.3 Å². The lowest BCUT2D eigenvalue weighted by Crippen LogP contribution is -2.01. The minimum Gasteiger partial charge on any atom is -0.493 e. The van der Waals surface area contributed by atoms with Gasteiger partial charge in [0.15, 0.2) is 0 Å². The summed E-state index contributed by atoms with van der Waals surface area (Å²) in [6, 6.07) is 7.47. The lowest BCUT2D eigenvalue weighted by atomic mass is 10.2. The number of aromatic nitrogens is 1. The third kappa shape index (κ3) is 3.31. The Morgan fingerprint density at radius 2 is 2.28 bits per heavy atom. The molecule has 0 radical (unpaired) electrons. The van der Waals surface area contributed by atoms with E-state index in [-0.39, 0.29) is 0 Å². The van der Waals surface area contributed by atoms with Crippen LogP contribution in [-0.2, 0) is 6.42 Å². The second-order valence-corrected chi connectivity index (χ2v) is 5.60. The fourth-order valence-electron chi connectivity index (χ4n) is 1.54. The van der Waals surface area contributed by atoms with E-state index in [0.717, 1.165) is 16.6 Å². The molecule has 1 aromatic heterocycles. The molecule has 0 aliphatic rings. The van der Waals surface area contributed by atoms with Crippen LogP contribution in [0.15, 0.2) is 28.2 Å². The van der Waals surface area contributed by atoms with Crippen molar-refractivity contribution in [1.29, 1.82) is 5.26 Å². The van der Waals surface area contributed by atoms with E-state index < -0.39 is 0 Å². The van der Waals surface area contributed by atoms with Gasteiger partial charge in [0.1, 0.15) is 5.75 Å². The molecule has 0 fully saturated rings. The SMILES string of the molecule is Cc1ncsc1CCOc1cc(Br)cc(C#N)c1. The number of benzene rings is 1. The second kappa shape index (κ2) is 5.98. The Morgan fingerprint density at radius 1 is 1.44 bits per heavy atom. The summed E-state index contributed by atoms with van der Waals surface area (Å²) in [6.07, 6.45) is 0.838. The summed E-state index contributed by atoms with van der Waals surface area (Å²) in [5, 5.41) is 8.87. The molecule has 0 aliphatic carbocycles. The van der Waals surface area contributed by atoms with Gasteiger partial charge in [0.25, 0.3) is 0 Å². The topological polar surface area (TPSA) is 45.9 Å². The van der Waals surface area contributed by atoms with Crippen molar-refractivity contribution in [3.05, 3.63) is 44.3 Å². The third-order valence-electron chi connectivity index (χ3n) is 2.44. The van der Waals surface area contributed by atoms with E-state index in [1.807, 2.05) is 18.5 Å². The molecule has 1 aromatic carbocycles. The fourth-order valence-corrected chi connectivity index (χ4v) is 2.77. The number of halogens is 1. The highest BCUT2D eigenvalue weighted by molar-refractivity contribution is 9.10. The Bertz CT molecular complexity index is 589. The largest absolute Gasteiger partial charge is 0.493 e. The number of ether oxygens (including phenoxy) is 1. The van der Waals surface area contributed by atoms with Crippen LogP contribution in [0.4, 0.5) is 0 Å². The molecule has 92 valence electrons. The smallest absolute Gasteiger partial charge is 0.121 e. The van der Waals surface area contributed by atoms with Crippen LogP contribution in [0.5, 0.6) is 5.75 Å². The van der Waals surface area contributed by atoms with Crippen LogP contribution in [0.3, 0.4) is 0 Å². The van der Waals surface area contributed by atoms with Crippen LogP contribution in [0.2, 0.25) is 0 Å². The predicted molar refractivity (Wildman–Crippen MR) is 74.9 cm³/mol. The summed E-state index contributed by atoms with van der Waals surface area (Å²) in [4.78, 5) is 5.44. The van der Waals surface area contributed by atoms with Crippen molar-refractivity contribution >= 4 is 27.3 Å². The van der Waals surface area contributed by atoms with Crippen molar-refractivity contribution in [3.63, 3.8) is 0 Å². The van der Waals surface area contributed by atoms with Gasteiger partial charge < -0.3 is 4.74 Å². The minimum absolute atomic E-state index is 0.588. The Labute approximate surface area is 118 Å². The van der Waals surface area contributed by atoms with Crippen molar-refractivity contribution in [2.24, 2.45) is 0 Å². The predicted octanol–water partition coefficient (Wildman–Crippen LogP) is 3.71. The summed E-state index contributed by atoms with van der Waals surface area (Å²) in [5.74, 6) is 0.711. The Balaban J connectivity index is 1.97. The number of hydrogen-bond donors (Lipinski definition) is 0. The summed E-state index contributed by atoms with van der Waals surface area (Å²) in [7, 11) is 0. The van der Waals surface area contributed by atoms with Gasteiger partial charge in [-0.2, -0.15) is 5.26 Å². The standard InChI is InChI=1S/C13H11BrN2OS/c1-9-13(18-8-16-9)2-3-17-12-5-10(7-15)4-11(14)6-12/h4-6,8H,2-3H2,1H3. The molecule has 2 rings (SSSR count). The normalized spacial score (nSPS) is 10.1. The number of nitriles is 1. The summed E-state index contributed by atoms with van der Waals surface area (Å²) in [5.41, 5.74) is 3.50. The molecule has 2 aromatic rings. The zero-order chi connectivity index (χ0) is 13.0. The van der Waals surface area contributed by atoms with Crippen LogP contribution >= 0.6 is 27.3 Å². The van der Waals surface area contributed by atoms with Crippen LogP contribution in [-0.4, -0.2) is 11.6 Å². The highest BCUT2D eigenvalue weighted by Crippen LogP contribution is 2.21. The van der Waals surface area contributed by atoms with Gasteiger partial charge in [0.05, 0.1) is 29.4 Å². The van der Waals surface area contributed by atoms with Crippen molar-refractivity contribution in [2.75, 3.05) is 6.61 Å². The maximum absolute atomic E-state index is 8.87. The number of thiazole rings is 1. The van der Waals surface area contributed by atoms with Gasteiger partial charge in [-0.05, 0) is 25.1 Å². The van der Waals surface area contributed by atoms with Crippen LogP contribution < -0.4 is 4.74 Å². The number of rotatable bonds is 4. The molecule has 0 saturated heterocycles. The number of nitrogens with zero attached hydrogens (tertiary/aromatic N) is 2. The number of aryl methyl sites for hydroxylation is 1. The molecule has 0 bridgehead atoms. The number of hydrogen-bond acceptors (Lipinski definition) is 4. The molecule has 0 aliphatic heterocycles. The first kappa shape index (κ1) is 13.1. The third-order valence-corrected chi connectivity index (χ3v) is 3.90. The maximum Gasteiger partial charge on any atom is 0.121 e. The van der Waals surface area contributed by atoms with Gasteiger partial charge in [-0.1, -0.05) is 15.9 Å². The van der Waals surface area contributed by atoms with Gasteiger partial charge >= 0.3 is 0 Å². The fraction of sp³-hybridized carbons (Fsp3) is 0.231.